The van der Waals surface area contributed by atoms with Gasteiger partial charge < -0.3 is 30.8 Å². The minimum atomic E-state index is -1.23. The highest BCUT2D eigenvalue weighted by molar-refractivity contribution is 6.68. The average molecular weight is 1010 g/mol. The predicted molar refractivity (Wildman–Crippen MR) is 285 cm³/mol. The van der Waals surface area contributed by atoms with E-state index in [9.17, 15) is 44.7 Å². The summed E-state index contributed by atoms with van der Waals surface area (Å²) in [5.41, 5.74) is 4.83. The third-order valence-electron chi connectivity index (χ3n) is 9.33. The summed E-state index contributed by atoms with van der Waals surface area (Å²) in [6, 6.07) is 46.1. The molecule has 0 saturated carbocycles. The standard InChI is InChI=1S/C20H15NO3.C19H16O3.C8H4Cl2O2.C2H3ClO.4C2H6/c22-15-9-5-13(6-10-15)20(14-7-11-16(23)12-8-14)17-3-1-2-4-18(17)21-19(20)24;20-16-7-1-13(2-8-16)19(14-3-9-17(21)10-4-14)15-5-11-18(22)12-6-15;9-7(11)5-1-2-6(4-3-5)8(10)12;1-2(3)4;4*1-2/h1-12,22-23H,(H,21,24);1-12,19-22H;1-4H;1H3;4*1-2H3/i;19T;;;;;;. The Hall–Kier alpha value is -7.11. The molecule has 1 aliphatic rings. The summed E-state index contributed by atoms with van der Waals surface area (Å²) in [6.45, 7) is 17.3. The van der Waals surface area contributed by atoms with Crippen molar-refractivity contribution in [2.75, 3.05) is 5.32 Å². The van der Waals surface area contributed by atoms with Crippen molar-refractivity contribution in [1.29, 1.82) is 0 Å². The number of carbonyl (C=O) groups excluding carboxylic acids is 4. The number of rotatable bonds is 7. The lowest BCUT2D eigenvalue weighted by Gasteiger charge is -2.29. The van der Waals surface area contributed by atoms with E-state index in [0.29, 0.717) is 27.8 Å². The zero-order valence-electron chi connectivity index (χ0n) is 41.7. The van der Waals surface area contributed by atoms with Crippen molar-refractivity contribution in [2.45, 2.75) is 73.6 Å². The van der Waals surface area contributed by atoms with E-state index in [-0.39, 0.29) is 39.9 Å². The summed E-state index contributed by atoms with van der Waals surface area (Å²) < 4.78 is 9.11. The molecule has 0 spiro atoms. The molecule has 1 aliphatic heterocycles. The molecule has 70 heavy (non-hydrogen) atoms. The molecule has 7 aromatic carbocycles. The Morgan fingerprint density at radius 1 is 0.457 bits per heavy atom. The number of para-hydroxylation sites is 1. The number of hydrogen-bond donors (Lipinski definition) is 6. The number of fused-ring (bicyclic) bond motifs is 1. The Kier molecular flexibility index (Phi) is 26.8. The third-order valence-corrected chi connectivity index (χ3v) is 9.76. The number of benzene rings is 7. The van der Waals surface area contributed by atoms with E-state index in [0.717, 1.165) is 22.4 Å². The van der Waals surface area contributed by atoms with Crippen molar-refractivity contribution in [3.63, 3.8) is 0 Å². The first kappa shape index (κ1) is 59.0. The maximum absolute atomic E-state index is 13.1. The van der Waals surface area contributed by atoms with Crippen LogP contribution in [0.3, 0.4) is 0 Å². The van der Waals surface area contributed by atoms with Gasteiger partial charge in [-0.1, -0.05) is 134 Å². The molecule has 0 fully saturated rings. The molecular weight excluding hydrogens is 949 g/mol. The van der Waals surface area contributed by atoms with Crippen LogP contribution in [0.15, 0.2) is 170 Å². The van der Waals surface area contributed by atoms with Crippen molar-refractivity contribution in [1.82, 2.24) is 0 Å². The first-order chi connectivity index (χ1) is 34.0. The van der Waals surface area contributed by atoms with E-state index in [2.05, 4.69) is 16.9 Å². The number of carbonyl (C=O) groups is 4. The number of phenolic OH excluding ortho intramolecular Hbond substituents is 5. The van der Waals surface area contributed by atoms with Gasteiger partial charge in [-0.25, -0.2) is 0 Å². The minimum Gasteiger partial charge on any atom is -0.508 e. The predicted octanol–water partition coefficient (Wildman–Crippen LogP) is 14.7. The number of phenols is 5. The molecule has 0 unspecified atom stereocenters. The Bertz CT molecular complexity index is 2500. The average Bonchev–Trinajstić information content (AvgIpc) is 3.69. The van der Waals surface area contributed by atoms with Gasteiger partial charge in [0.1, 0.15) is 34.2 Å². The van der Waals surface area contributed by atoms with E-state index in [1.807, 2.05) is 79.7 Å². The monoisotopic (exact) mass is 1010 g/mol. The van der Waals surface area contributed by atoms with Crippen molar-refractivity contribution >= 4 is 62.1 Å². The maximum atomic E-state index is 13.1. The molecule has 1 amide bonds. The van der Waals surface area contributed by atoms with Crippen LogP contribution < -0.4 is 5.32 Å². The second-order valence-corrected chi connectivity index (χ2v) is 14.7. The number of halogens is 3. The lowest BCUT2D eigenvalue weighted by atomic mass is 9.70. The van der Waals surface area contributed by atoms with Gasteiger partial charge in [-0.2, -0.15) is 0 Å². The van der Waals surface area contributed by atoms with Gasteiger partial charge in [0.25, 0.3) is 10.5 Å². The minimum absolute atomic E-state index is 0.132. The number of nitrogens with one attached hydrogen (secondary N) is 1. The van der Waals surface area contributed by atoms with Gasteiger partial charge in [0.15, 0.2) is 0 Å². The van der Waals surface area contributed by atoms with Crippen LogP contribution in [-0.4, -0.2) is 47.2 Å². The van der Waals surface area contributed by atoms with Crippen molar-refractivity contribution in [3.8, 4) is 28.7 Å². The first-order valence-electron chi connectivity index (χ1n) is 23.0. The van der Waals surface area contributed by atoms with Crippen molar-refractivity contribution in [3.05, 3.63) is 214 Å². The second kappa shape index (κ2) is 31.8. The molecule has 1 heterocycles. The molecule has 0 aromatic heterocycles. The van der Waals surface area contributed by atoms with Gasteiger partial charge in [0, 0.05) is 36.6 Å². The van der Waals surface area contributed by atoms with Crippen LogP contribution in [0, 0.1) is 0 Å². The van der Waals surface area contributed by atoms with E-state index < -0.39 is 21.8 Å². The van der Waals surface area contributed by atoms with Crippen LogP contribution in [0.2, 0.25) is 0 Å². The van der Waals surface area contributed by atoms with E-state index >= 15 is 0 Å². The van der Waals surface area contributed by atoms with E-state index in [4.69, 9.17) is 24.6 Å². The van der Waals surface area contributed by atoms with Crippen LogP contribution in [0.25, 0.3) is 0 Å². The SMILES string of the molecule is CC.CC.CC.CC.CC(=O)Cl.O=C(Cl)c1ccc(C(=O)Cl)cc1.O=C1Nc2ccccc2C1(c1ccc(O)cc1)c1ccc(O)cc1.[3H]C(c1ccc(O)cc1)(c1ccc(O)cc1)c1ccc(O)cc1. The fourth-order valence-electron chi connectivity index (χ4n) is 6.54. The summed E-state index contributed by atoms with van der Waals surface area (Å²) in [5, 5.41) is 49.2. The van der Waals surface area contributed by atoms with Crippen molar-refractivity contribution < 1.29 is 46.1 Å². The molecule has 10 nitrogen and oxygen atoms in total. The fourth-order valence-corrected chi connectivity index (χ4v) is 6.79. The van der Waals surface area contributed by atoms with Gasteiger partial charge in [-0.05, 0) is 154 Å². The molecule has 0 aliphatic carbocycles. The zero-order valence-corrected chi connectivity index (χ0v) is 42.9. The second-order valence-electron chi connectivity index (χ2n) is 13.5. The highest BCUT2D eigenvalue weighted by Gasteiger charge is 2.49. The summed E-state index contributed by atoms with van der Waals surface area (Å²) in [7, 11) is 0. The van der Waals surface area contributed by atoms with Gasteiger partial charge in [0.2, 0.25) is 11.1 Å². The Labute approximate surface area is 428 Å². The number of aromatic hydroxyl groups is 5. The molecule has 0 atom stereocenters. The topological polar surface area (TPSA) is 181 Å². The number of amides is 1. The summed E-state index contributed by atoms with van der Waals surface area (Å²) in [4.78, 5) is 43.4. The number of anilines is 1. The van der Waals surface area contributed by atoms with E-state index in [1.54, 1.807) is 121 Å². The van der Waals surface area contributed by atoms with E-state index in [1.165, 1.54) is 31.2 Å². The molecule has 7 aromatic rings. The Morgan fingerprint density at radius 2 is 0.714 bits per heavy atom. The van der Waals surface area contributed by atoms with Crippen LogP contribution in [0.4, 0.5) is 5.69 Å². The maximum Gasteiger partial charge on any atom is 0.252 e. The molecule has 0 radical (unpaired) electrons. The van der Waals surface area contributed by atoms with Crippen LogP contribution in [0.5, 0.6) is 28.7 Å². The summed E-state index contributed by atoms with van der Waals surface area (Å²) in [5.74, 6) is -0.694. The quantitative estimate of drug-likeness (QED) is 0.0669. The van der Waals surface area contributed by atoms with Crippen LogP contribution in [-0.2, 0) is 15.0 Å². The van der Waals surface area contributed by atoms with Gasteiger partial charge >= 0.3 is 0 Å². The highest BCUT2D eigenvalue weighted by Crippen LogP contribution is 2.48. The molecular formula is C57H62Cl3NO9. The van der Waals surface area contributed by atoms with Crippen LogP contribution >= 0.6 is 34.8 Å². The fraction of sp³-hybridized carbons (Fsp3) is 0.193. The largest absolute Gasteiger partial charge is 0.508 e. The molecule has 13 heteroatoms. The molecule has 8 rings (SSSR count). The van der Waals surface area contributed by atoms with Gasteiger partial charge in [0.05, 0.1) is 0 Å². The molecule has 370 valence electrons. The van der Waals surface area contributed by atoms with Crippen molar-refractivity contribution in [2.24, 2.45) is 0 Å². The lowest BCUT2D eigenvalue weighted by molar-refractivity contribution is -0.118. The smallest absolute Gasteiger partial charge is 0.252 e. The first-order valence-corrected chi connectivity index (χ1v) is 23.6. The Balaban J connectivity index is 0.000000498. The van der Waals surface area contributed by atoms with Gasteiger partial charge in [-0.15, -0.1) is 0 Å². The number of hydrogen-bond acceptors (Lipinski definition) is 9. The van der Waals surface area contributed by atoms with Crippen LogP contribution in [0.1, 0.15) is 124 Å². The summed E-state index contributed by atoms with van der Waals surface area (Å²) >= 11 is 15.0. The van der Waals surface area contributed by atoms with Gasteiger partial charge in [-0.3, -0.25) is 19.2 Å². The molecule has 0 saturated heterocycles. The Morgan fingerprint density at radius 3 is 0.986 bits per heavy atom. The zero-order chi connectivity index (χ0) is 53.9. The third kappa shape index (κ3) is 17.4. The molecule has 6 N–H and O–H groups in total. The molecule has 0 bridgehead atoms. The lowest BCUT2D eigenvalue weighted by Crippen LogP contribution is -2.36. The highest BCUT2D eigenvalue weighted by atomic mass is 35.5. The normalized spacial score (nSPS) is 11.2. The summed E-state index contributed by atoms with van der Waals surface area (Å²) in [6.07, 6.45) is 0.